The van der Waals surface area contributed by atoms with Gasteiger partial charge in [0.05, 0.1) is 31.8 Å². The molecule has 0 saturated heterocycles. The molecule has 2 aromatic heterocycles. The summed E-state index contributed by atoms with van der Waals surface area (Å²) in [5.74, 6) is -3.36. The third-order valence-electron chi connectivity index (χ3n) is 4.03. The van der Waals surface area contributed by atoms with Gasteiger partial charge in [0.15, 0.2) is 23.2 Å². The van der Waals surface area contributed by atoms with Crippen molar-refractivity contribution < 1.29 is 27.4 Å². The molecule has 2 N–H and O–H groups in total. The summed E-state index contributed by atoms with van der Waals surface area (Å²) in [6, 6.07) is 2.21. The highest BCUT2D eigenvalue weighted by Crippen LogP contribution is 2.24. The summed E-state index contributed by atoms with van der Waals surface area (Å²) < 4.78 is 53.3. The fourth-order valence-corrected chi connectivity index (χ4v) is 2.60. The highest BCUT2D eigenvalue weighted by molar-refractivity contribution is 5.69. The van der Waals surface area contributed by atoms with Crippen LogP contribution in [0.1, 0.15) is 12.5 Å². The fourth-order valence-electron chi connectivity index (χ4n) is 2.60. The van der Waals surface area contributed by atoms with Gasteiger partial charge in [0, 0.05) is 18.3 Å². The first-order chi connectivity index (χ1) is 14.9. The number of methoxy groups -OCH3 is 1. The molecule has 3 rings (SSSR count). The number of hydrogen-bond acceptors (Lipinski definition) is 8. The van der Waals surface area contributed by atoms with Crippen LogP contribution in [0.3, 0.4) is 0 Å². The van der Waals surface area contributed by atoms with Gasteiger partial charge < -0.3 is 20.1 Å². The number of carbonyl (C=O) groups excluding carboxylic acids is 1. The van der Waals surface area contributed by atoms with Crippen LogP contribution in [0.25, 0.3) is 0 Å². The van der Waals surface area contributed by atoms with Gasteiger partial charge in [-0.05, 0) is 19.1 Å². The van der Waals surface area contributed by atoms with Gasteiger partial charge in [-0.1, -0.05) is 0 Å². The summed E-state index contributed by atoms with van der Waals surface area (Å²) in [4.78, 5) is 19.3. The minimum absolute atomic E-state index is 0.00571. The van der Waals surface area contributed by atoms with E-state index in [1.807, 2.05) is 0 Å². The number of rotatable bonds is 9. The Bertz CT molecular complexity index is 1080. The van der Waals surface area contributed by atoms with Gasteiger partial charge >= 0.3 is 5.97 Å². The number of nitrogens with one attached hydrogen (secondary N) is 2. The Labute approximate surface area is 175 Å². The Hall–Kier alpha value is -3.83. The standard InChI is InChI=1S/C19H19F3N6O3/c1-3-31-16(29)10-28-9-11(6-25-28)26-19-24-8-14(21)18(27-19)23-7-12-13(20)4-5-15(30-2)17(12)22/h4-6,8-9H,3,7,10H2,1-2H3,(H2,23,24,26,27). The van der Waals surface area contributed by atoms with E-state index in [-0.39, 0.29) is 42.8 Å². The molecule has 0 atom stereocenters. The molecule has 0 unspecified atom stereocenters. The molecule has 1 aromatic carbocycles. The van der Waals surface area contributed by atoms with Gasteiger partial charge in [-0.25, -0.2) is 18.2 Å². The van der Waals surface area contributed by atoms with Crippen LogP contribution in [0.15, 0.2) is 30.7 Å². The third-order valence-corrected chi connectivity index (χ3v) is 4.03. The van der Waals surface area contributed by atoms with Crippen molar-refractivity contribution in [2.24, 2.45) is 0 Å². The average molecular weight is 436 g/mol. The summed E-state index contributed by atoms with van der Waals surface area (Å²) in [5.41, 5.74) is 0.110. The molecule has 0 aliphatic heterocycles. The largest absolute Gasteiger partial charge is 0.494 e. The van der Waals surface area contributed by atoms with Crippen molar-refractivity contribution in [3.05, 3.63) is 53.7 Å². The molecule has 164 valence electrons. The van der Waals surface area contributed by atoms with E-state index in [0.717, 1.165) is 18.3 Å². The van der Waals surface area contributed by atoms with Crippen molar-refractivity contribution in [3.63, 3.8) is 0 Å². The Balaban J connectivity index is 1.70. The molecule has 9 nitrogen and oxygen atoms in total. The Morgan fingerprint density at radius 1 is 1.19 bits per heavy atom. The first-order valence-corrected chi connectivity index (χ1v) is 9.13. The number of benzene rings is 1. The second-order valence-corrected chi connectivity index (χ2v) is 6.14. The van der Waals surface area contributed by atoms with Crippen LogP contribution in [0, 0.1) is 17.5 Å². The van der Waals surface area contributed by atoms with Crippen molar-refractivity contribution in [1.29, 1.82) is 0 Å². The van der Waals surface area contributed by atoms with Gasteiger partial charge in [-0.15, -0.1) is 0 Å². The van der Waals surface area contributed by atoms with Crippen LogP contribution >= 0.6 is 0 Å². The number of carbonyl (C=O) groups is 1. The molecule has 0 spiro atoms. The smallest absolute Gasteiger partial charge is 0.327 e. The van der Waals surface area contributed by atoms with Crippen LogP contribution in [0.4, 0.5) is 30.6 Å². The van der Waals surface area contributed by atoms with E-state index in [4.69, 9.17) is 9.47 Å². The number of esters is 1. The lowest BCUT2D eigenvalue weighted by Crippen LogP contribution is -2.13. The average Bonchev–Trinajstić information content (AvgIpc) is 3.17. The molecule has 12 heteroatoms. The van der Waals surface area contributed by atoms with Gasteiger partial charge in [0.2, 0.25) is 5.95 Å². The predicted molar refractivity (Wildman–Crippen MR) is 104 cm³/mol. The van der Waals surface area contributed by atoms with Gasteiger partial charge in [0.1, 0.15) is 12.4 Å². The third kappa shape index (κ3) is 5.41. The van der Waals surface area contributed by atoms with Crippen LogP contribution in [0.5, 0.6) is 5.75 Å². The number of nitrogens with zero attached hydrogens (tertiary/aromatic N) is 4. The van der Waals surface area contributed by atoms with Crippen LogP contribution < -0.4 is 15.4 Å². The van der Waals surface area contributed by atoms with E-state index in [2.05, 4.69) is 25.7 Å². The zero-order valence-corrected chi connectivity index (χ0v) is 16.7. The Morgan fingerprint density at radius 2 is 2.00 bits per heavy atom. The minimum atomic E-state index is -0.892. The van der Waals surface area contributed by atoms with Crippen molar-refractivity contribution in [3.8, 4) is 5.75 Å². The number of halogens is 3. The SMILES string of the molecule is CCOC(=O)Cn1cc(Nc2ncc(F)c(NCc3c(F)ccc(OC)c3F)n2)cn1. The van der Waals surface area contributed by atoms with E-state index in [0.29, 0.717) is 5.69 Å². The van der Waals surface area contributed by atoms with Crippen molar-refractivity contribution in [1.82, 2.24) is 19.7 Å². The molecule has 2 heterocycles. The van der Waals surface area contributed by atoms with E-state index in [9.17, 15) is 18.0 Å². The lowest BCUT2D eigenvalue weighted by molar-refractivity contribution is -0.144. The van der Waals surface area contributed by atoms with Gasteiger partial charge in [-0.2, -0.15) is 10.1 Å². The molecule has 0 aliphatic carbocycles. The predicted octanol–water partition coefficient (Wildman–Crippen LogP) is 3.02. The molecule has 0 aliphatic rings. The minimum Gasteiger partial charge on any atom is -0.494 e. The Kier molecular flexibility index (Phi) is 6.90. The number of anilines is 3. The highest BCUT2D eigenvalue weighted by Gasteiger charge is 2.16. The molecule has 31 heavy (non-hydrogen) atoms. The maximum atomic E-state index is 14.3. The molecular formula is C19H19F3N6O3. The van der Waals surface area contributed by atoms with Crippen LogP contribution in [-0.2, 0) is 22.6 Å². The summed E-state index contributed by atoms with van der Waals surface area (Å²) in [6.07, 6.45) is 3.83. The van der Waals surface area contributed by atoms with E-state index < -0.39 is 23.4 Å². The zero-order valence-electron chi connectivity index (χ0n) is 16.7. The monoisotopic (exact) mass is 436 g/mol. The molecule has 0 fully saturated rings. The maximum absolute atomic E-state index is 14.3. The normalized spacial score (nSPS) is 10.6. The molecule has 0 radical (unpaired) electrons. The van der Waals surface area contributed by atoms with E-state index >= 15 is 0 Å². The van der Waals surface area contributed by atoms with Gasteiger partial charge in [0.25, 0.3) is 0 Å². The zero-order chi connectivity index (χ0) is 22.4. The van der Waals surface area contributed by atoms with Crippen molar-refractivity contribution in [2.45, 2.75) is 20.0 Å². The van der Waals surface area contributed by atoms with Crippen molar-refractivity contribution >= 4 is 23.4 Å². The number of ether oxygens (including phenoxy) is 2. The maximum Gasteiger partial charge on any atom is 0.327 e. The molecular weight excluding hydrogens is 417 g/mol. The molecule has 0 amide bonds. The topological polar surface area (TPSA) is 103 Å². The number of aromatic nitrogens is 4. The van der Waals surface area contributed by atoms with E-state index in [1.54, 1.807) is 6.92 Å². The fraction of sp³-hybridized carbons (Fsp3) is 0.263. The Morgan fingerprint density at radius 3 is 2.74 bits per heavy atom. The number of hydrogen-bond donors (Lipinski definition) is 2. The first-order valence-electron chi connectivity index (χ1n) is 9.13. The van der Waals surface area contributed by atoms with Crippen LogP contribution in [0.2, 0.25) is 0 Å². The highest BCUT2D eigenvalue weighted by atomic mass is 19.1. The first kappa shape index (κ1) is 21.9. The van der Waals surface area contributed by atoms with Crippen molar-refractivity contribution in [2.75, 3.05) is 24.4 Å². The van der Waals surface area contributed by atoms with Gasteiger partial charge in [-0.3, -0.25) is 9.48 Å². The summed E-state index contributed by atoms with van der Waals surface area (Å²) in [6.45, 7) is 1.50. The molecule has 0 saturated carbocycles. The van der Waals surface area contributed by atoms with Crippen LogP contribution in [-0.4, -0.2) is 39.4 Å². The lowest BCUT2D eigenvalue weighted by atomic mass is 10.2. The lowest BCUT2D eigenvalue weighted by Gasteiger charge is -2.11. The summed E-state index contributed by atoms with van der Waals surface area (Å²) in [5, 5.41) is 9.35. The second kappa shape index (κ2) is 9.78. The molecule has 3 aromatic rings. The second-order valence-electron chi connectivity index (χ2n) is 6.14. The summed E-state index contributed by atoms with van der Waals surface area (Å²) in [7, 11) is 1.25. The quantitative estimate of drug-likeness (QED) is 0.494. The van der Waals surface area contributed by atoms with E-state index in [1.165, 1.54) is 24.2 Å². The molecule has 0 bridgehead atoms. The summed E-state index contributed by atoms with van der Waals surface area (Å²) >= 11 is 0.